The van der Waals surface area contributed by atoms with Gasteiger partial charge in [0, 0.05) is 0 Å². The maximum absolute atomic E-state index is 12.3. The Morgan fingerprint density at radius 2 is 2.29 bits per heavy atom. The first-order chi connectivity index (χ1) is 6.69. The van der Waals surface area contributed by atoms with E-state index in [1.807, 2.05) is 6.07 Å². The van der Waals surface area contributed by atoms with Gasteiger partial charge in [-0.2, -0.15) is 5.26 Å². The van der Waals surface area contributed by atoms with E-state index < -0.39 is 6.43 Å². The molecule has 1 aromatic rings. The van der Waals surface area contributed by atoms with E-state index in [4.69, 9.17) is 10.00 Å². The molecule has 14 heavy (non-hydrogen) atoms. The molecule has 0 amide bonds. The van der Waals surface area contributed by atoms with E-state index in [9.17, 15) is 8.78 Å². The van der Waals surface area contributed by atoms with Gasteiger partial charge in [0.2, 0.25) is 5.88 Å². The van der Waals surface area contributed by atoms with Gasteiger partial charge in [0.25, 0.3) is 6.43 Å². The van der Waals surface area contributed by atoms with Gasteiger partial charge in [0.1, 0.15) is 0 Å². The van der Waals surface area contributed by atoms with E-state index in [-0.39, 0.29) is 17.9 Å². The molecule has 1 aromatic heterocycles. The van der Waals surface area contributed by atoms with Gasteiger partial charge < -0.3 is 4.74 Å². The number of aromatic nitrogens is 1. The van der Waals surface area contributed by atoms with Crippen molar-refractivity contribution in [3.05, 3.63) is 23.4 Å². The van der Waals surface area contributed by atoms with Crippen LogP contribution in [0.3, 0.4) is 0 Å². The van der Waals surface area contributed by atoms with Crippen LogP contribution in [0.4, 0.5) is 8.78 Å². The highest BCUT2D eigenvalue weighted by Gasteiger charge is 2.15. The quantitative estimate of drug-likeness (QED) is 0.747. The molecule has 0 bridgehead atoms. The number of halogens is 2. The second-order valence-corrected chi connectivity index (χ2v) is 2.54. The summed E-state index contributed by atoms with van der Waals surface area (Å²) in [4.78, 5) is 3.78. The van der Waals surface area contributed by atoms with Crippen molar-refractivity contribution in [2.45, 2.75) is 12.8 Å². The van der Waals surface area contributed by atoms with Crippen LogP contribution in [-0.4, -0.2) is 12.1 Å². The highest BCUT2D eigenvalue weighted by atomic mass is 19.3. The van der Waals surface area contributed by atoms with Crippen molar-refractivity contribution in [2.75, 3.05) is 7.11 Å². The molecule has 0 N–H and O–H groups in total. The summed E-state index contributed by atoms with van der Waals surface area (Å²) in [5.41, 5.74) is 0.169. The molecule has 0 radical (unpaired) electrons. The summed E-state index contributed by atoms with van der Waals surface area (Å²) in [6.07, 6.45) is -2.53. The largest absolute Gasteiger partial charge is 0.481 e. The first-order valence-electron chi connectivity index (χ1n) is 3.88. The third-order valence-electron chi connectivity index (χ3n) is 1.64. The molecule has 5 heteroatoms. The monoisotopic (exact) mass is 198 g/mol. The van der Waals surface area contributed by atoms with Gasteiger partial charge in [0.05, 0.1) is 30.9 Å². The van der Waals surface area contributed by atoms with E-state index >= 15 is 0 Å². The Bertz CT molecular complexity index is 360. The Morgan fingerprint density at radius 1 is 1.57 bits per heavy atom. The van der Waals surface area contributed by atoms with Crippen molar-refractivity contribution in [1.82, 2.24) is 4.98 Å². The van der Waals surface area contributed by atoms with Gasteiger partial charge in [-0.05, 0) is 12.1 Å². The average molecular weight is 198 g/mol. The van der Waals surface area contributed by atoms with Crippen molar-refractivity contribution in [3.8, 4) is 11.9 Å². The lowest BCUT2D eigenvalue weighted by Crippen LogP contribution is -1.98. The highest BCUT2D eigenvalue weighted by Crippen LogP contribution is 2.27. The molecule has 3 nitrogen and oxygen atoms in total. The van der Waals surface area contributed by atoms with Crippen LogP contribution >= 0.6 is 0 Å². The minimum Gasteiger partial charge on any atom is -0.481 e. The fourth-order valence-electron chi connectivity index (χ4n) is 0.999. The lowest BCUT2D eigenvalue weighted by Gasteiger charge is -2.06. The van der Waals surface area contributed by atoms with Crippen molar-refractivity contribution in [3.63, 3.8) is 0 Å². The first-order valence-corrected chi connectivity index (χ1v) is 3.88. The normalized spacial score (nSPS) is 9.93. The van der Waals surface area contributed by atoms with Crippen LogP contribution in [0.15, 0.2) is 12.1 Å². The van der Waals surface area contributed by atoms with E-state index in [0.29, 0.717) is 5.69 Å². The second kappa shape index (κ2) is 4.51. The van der Waals surface area contributed by atoms with Crippen molar-refractivity contribution >= 4 is 0 Å². The number of nitriles is 1. The van der Waals surface area contributed by atoms with Gasteiger partial charge >= 0.3 is 0 Å². The Labute approximate surface area is 79.9 Å². The molecule has 74 valence electrons. The molecule has 0 aliphatic carbocycles. The minimum absolute atomic E-state index is 0.0832. The van der Waals surface area contributed by atoms with E-state index in [1.54, 1.807) is 0 Å². The van der Waals surface area contributed by atoms with Gasteiger partial charge in [-0.3, -0.25) is 0 Å². The van der Waals surface area contributed by atoms with Crippen LogP contribution in [-0.2, 0) is 6.42 Å². The molecule has 1 rings (SSSR count). The SMILES string of the molecule is COc1nc(CC#N)ccc1C(F)F. The van der Waals surface area contributed by atoms with Gasteiger partial charge in [-0.25, -0.2) is 13.8 Å². The number of hydrogen-bond acceptors (Lipinski definition) is 3. The molecular formula is C9H8F2N2O. The zero-order valence-electron chi connectivity index (χ0n) is 7.50. The molecule has 0 aliphatic heterocycles. The highest BCUT2D eigenvalue weighted by molar-refractivity contribution is 5.30. The maximum Gasteiger partial charge on any atom is 0.269 e. The van der Waals surface area contributed by atoms with Crippen LogP contribution < -0.4 is 4.74 Å². The van der Waals surface area contributed by atoms with Gasteiger partial charge in [0.15, 0.2) is 0 Å². The molecule has 0 saturated heterocycles. The number of nitrogens with zero attached hydrogens (tertiary/aromatic N) is 2. The molecule has 1 heterocycles. The average Bonchev–Trinajstić information content (AvgIpc) is 2.17. The summed E-state index contributed by atoms with van der Waals surface area (Å²) in [7, 11) is 1.27. The predicted molar refractivity (Wildman–Crippen MR) is 45.1 cm³/mol. The standard InChI is InChI=1S/C9H8F2N2O/c1-14-9-7(8(10)11)3-2-6(13-9)4-5-12/h2-3,8H,4H2,1H3. The number of alkyl halides is 2. The van der Waals surface area contributed by atoms with Gasteiger partial charge in [-0.1, -0.05) is 0 Å². The summed E-state index contributed by atoms with van der Waals surface area (Å²) in [5.74, 6) is -0.118. The topological polar surface area (TPSA) is 45.9 Å². The summed E-state index contributed by atoms with van der Waals surface area (Å²) in [5, 5.41) is 8.38. The Kier molecular flexibility index (Phi) is 3.35. The minimum atomic E-state index is -2.62. The number of pyridine rings is 1. The van der Waals surface area contributed by atoms with Crippen LogP contribution in [0, 0.1) is 11.3 Å². The fourth-order valence-corrected chi connectivity index (χ4v) is 0.999. The molecule has 0 fully saturated rings. The molecule has 0 aliphatic rings. The lowest BCUT2D eigenvalue weighted by atomic mass is 10.2. The van der Waals surface area contributed by atoms with Crippen LogP contribution in [0.25, 0.3) is 0 Å². The van der Waals surface area contributed by atoms with Crippen LogP contribution in [0.1, 0.15) is 17.7 Å². The third-order valence-corrected chi connectivity index (χ3v) is 1.64. The zero-order chi connectivity index (χ0) is 10.6. The van der Waals surface area contributed by atoms with E-state index in [2.05, 4.69) is 4.98 Å². The summed E-state index contributed by atoms with van der Waals surface area (Å²) >= 11 is 0. The number of methoxy groups -OCH3 is 1. The smallest absolute Gasteiger partial charge is 0.269 e. The number of ether oxygens (including phenoxy) is 1. The van der Waals surface area contributed by atoms with Crippen LogP contribution in [0.5, 0.6) is 5.88 Å². The molecule has 0 unspecified atom stereocenters. The first kappa shape index (κ1) is 10.4. The number of hydrogen-bond donors (Lipinski definition) is 0. The maximum atomic E-state index is 12.3. The van der Waals surface area contributed by atoms with E-state index in [1.165, 1.54) is 19.2 Å². The Hall–Kier alpha value is -1.70. The second-order valence-electron chi connectivity index (χ2n) is 2.54. The zero-order valence-corrected chi connectivity index (χ0v) is 7.50. The van der Waals surface area contributed by atoms with E-state index in [0.717, 1.165) is 0 Å². The summed E-state index contributed by atoms with van der Waals surface area (Å²) in [6.45, 7) is 0. The van der Waals surface area contributed by atoms with Crippen LogP contribution in [0.2, 0.25) is 0 Å². The molecule has 0 aromatic carbocycles. The summed E-state index contributed by atoms with van der Waals surface area (Å²) < 4.78 is 29.4. The van der Waals surface area contributed by atoms with Gasteiger partial charge in [-0.15, -0.1) is 0 Å². The number of rotatable bonds is 3. The molecule has 0 atom stereocenters. The lowest BCUT2D eigenvalue weighted by molar-refractivity contribution is 0.146. The van der Waals surface area contributed by atoms with Crippen molar-refractivity contribution in [2.24, 2.45) is 0 Å². The Balaban J connectivity index is 3.06. The van der Waals surface area contributed by atoms with Crippen molar-refractivity contribution in [1.29, 1.82) is 5.26 Å². The predicted octanol–water partition coefficient (Wildman–Crippen LogP) is 2.09. The molecular weight excluding hydrogens is 190 g/mol. The third kappa shape index (κ3) is 2.16. The summed E-state index contributed by atoms with van der Waals surface area (Å²) in [6, 6.07) is 4.50. The van der Waals surface area contributed by atoms with Crippen molar-refractivity contribution < 1.29 is 13.5 Å². The fraction of sp³-hybridized carbons (Fsp3) is 0.333. The molecule has 0 saturated carbocycles. The Morgan fingerprint density at radius 3 is 2.79 bits per heavy atom. The molecule has 0 spiro atoms.